The van der Waals surface area contributed by atoms with Crippen LogP contribution in [0, 0.1) is 0 Å². The van der Waals surface area contributed by atoms with Crippen molar-refractivity contribution in [2.45, 2.75) is 23.8 Å². The fraction of sp³-hybridized carbons (Fsp3) is 0.231. The minimum Gasteiger partial charge on any atom is -0.506 e. The van der Waals surface area contributed by atoms with Crippen LogP contribution < -0.4 is 15.4 Å². The van der Waals surface area contributed by atoms with Crippen LogP contribution in [0.3, 0.4) is 0 Å². The van der Waals surface area contributed by atoms with Crippen molar-refractivity contribution in [2.24, 2.45) is 5.73 Å². The van der Waals surface area contributed by atoms with Crippen LogP contribution in [0.5, 0.6) is 5.75 Å². The van der Waals surface area contributed by atoms with E-state index >= 15 is 0 Å². The molecule has 1 aliphatic rings. The normalized spacial score (nSPS) is 14.3. The fourth-order valence-corrected chi connectivity index (χ4v) is 5.51. The van der Waals surface area contributed by atoms with Gasteiger partial charge in [0.25, 0.3) is 15.9 Å². The van der Waals surface area contributed by atoms with Crippen LogP contribution in [0.1, 0.15) is 23.2 Å². The number of nitrogens with two attached hydrogens (primary N) is 1. The Morgan fingerprint density at radius 1 is 0.944 bits per heavy atom. The van der Waals surface area contributed by atoms with Gasteiger partial charge in [-0.25, -0.2) is 12.7 Å². The molecule has 188 valence electrons. The highest BCUT2D eigenvalue weighted by Crippen LogP contribution is 2.37. The van der Waals surface area contributed by atoms with Gasteiger partial charge >= 0.3 is 0 Å². The Morgan fingerprint density at radius 3 is 2.19 bits per heavy atom. The van der Waals surface area contributed by atoms with Crippen LogP contribution in [-0.4, -0.2) is 55.9 Å². The highest BCUT2D eigenvalue weighted by molar-refractivity contribution is 7.93. The number of piperidine rings is 1. The van der Waals surface area contributed by atoms with Crippen LogP contribution in [0.2, 0.25) is 0 Å². The maximum Gasteiger partial charge on any atom is 0.268 e. The molecule has 0 aliphatic carbocycles. The third-order valence-corrected chi connectivity index (χ3v) is 7.79. The van der Waals surface area contributed by atoms with Gasteiger partial charge in [0.1, 0.15) is 5.75 Å². The highest BCUT2D eigenvalue weighted by atomic mass is 32.2. The van der Waals surface area contributed by atoms with Gasteiger partial charge in [-0.3, -0.25) is 9.59 Å². The molecule has 2 amide bonds. The number of carbonyl (C=O) groups excluding carboxylic acids is 2. The largest absolute Gasteiger partial charge is 0.506 e. The summed E-state index contributed by atoms with van der Waals surface area (Å²) in [6.07, 6.45) is 1.47. The number of hydrogen-bond acceptors (Lipinski definition) is 6. The molecule has 3 aromatic rings. The summed E-state index contributed by atoms with van der Waals surface area (Å²) >= 11 is 0. The number of para-hydroxylation sites is 3. The first-order valence-electron chi connectivity index (χ1n) is 11.6. The topological polar surface area (TPSA) is 133 Å². The average molecular weight is 509 g/mol. The van der Waals surface area contributed by atoms with E-state index in [1.54, 1.807) is 47.4 Å². The molecule has 0 radical (unpaired) electrons. The first kappa shape index (κ1) is 25.2. The Bertz CT molecular complexity index is 1320. The smallest absolute Gasteiger partial charge is 0.268 e. The lowest BCUT2D eigenvalue weighted by molar-refractivity contribution is -0.131. The van der Waals surface area contributed by atoms with Crippen molar-refractivity contribution in [1.29, 1.82) is 0 Å². The van der Waals surface area contributed by atoms with Gasteiger partial charge in [0, 0.05) is 24.7 Å². The molecule has 9 nitrogen and oxygen atoms in total. The van der Waals surface area contributed by atoms with Crippen molar-refractivity contribution in [3.63, 3.8) is 0 Å². The number of rotatable bonds is 7. The summed E-state index contributed by atoms with van der Waals surface area (Å²) in [4.78, 5) is 26.5. The summed E-state index contributed by atoms with van der Waals surface area (Å²) in [6.45, 7) is 0.984. The van der Waals surface area contributed by atoms with E-state index in [1.807, 2.05) is 0 Å². The molecule has 1 saturated heterocycles. The SMILES string of the molecule is NC1CCN(C(=O)CNC(=O)c2ccc(S(=O)(=O)N(c3ccccc3)c3ccccc3O)cc2)CC1. The molecule has 1 aliphatic heterocycles. The molecule has 0 atom stereocenters. The number of likely N-dealkylation sites (tertiary alicyclic amines) is 1. The maximum absolute atomic E-state index is 13.6. The minimum absolute atomic E-state index is 0.0631. The van der Waals surface area contributed by atoms with Gasteiger partial charge in [-0.05, 0) is 61.4 Å². The first-order valence-corrected chi connectivity index (χ1v) is 13.0. The Morgan fingerprint density at radius 2 is 1.56 bits per heavy atom. The number of nitrogens with one attached hydrogen (secondary N) is 1. The van der Waals surface area contributed by atoms with Gasteiger partial charge in [-0.15, -0.1) is 0 Å². The molecule has 3 aromatic carbocycles. The Hall–Kier alpha value is -3.89. The van der Waals surface area contributed by atoms with E-state index in [4.69, 9.17) is 5.73 Å². The molecule has 4 N–H and O–H groups in total. The number of phenols is 1. The van der Waals surface area contributed by atoms with Crippen molar-refractivity contribution >= 4 is 33.2 Å². The summed E-state index contributed by atoms with van der Waals surface area (Å²) in [6, 6.07) is 20.1. The molecule has 10 heteroatoms. The van der Waals surface area contributed by atoms with E-state index in [0.29, 0.717) is 18.8 Å². The summed E-state index contributed by atoms with van der Waals surface area (Å²) in [5.74, 6) is -0.862. The zero-order chi connectivity index (χ0) is 25.7. The number of hydrogen-bond donors (Lipinski definition) is 3. The molecule has 0 spiro atoms. The number of nitrogens with zero attached hydrogens (tertiary/aromatic N) is 2. The van der Waals surface area contributed by atoms with Crippen molar-refractivity contribution in [3.05, 3.63) is 84.4 Å². The summed E-state index contributed by atoms with van der Waals surface area (Å²) in [5.41, 5.74) is 6.53. The number of carbonyl (C=O) groups is 2. The number of anilines is 2. The Labute approximate surface area is 210 Å². The van der Waals surface area contributed by atoms with E-state index in [1.165, 1.54) is 36.4 Å². The number of amides is 2. The Kier molecular flexibility index (Phi) is 7.56. The minimum atomic E-state index is -4.15. The molecule has 0 saturated carbocycles. The molecule has 0 unspecified atom stereocenters. The summed E-state index contributed by atoms with van der Waals surface area (Å²) in [5, 5.41) is 13.0. The lowest BCUT2D eigenvalue weighted by Crippen LogP contribution is -2.46. The molecule has 0 aromatic heterocycles. The van der Waals surface area contributed by atoms with Crippen molar-refractivity contribution in [2.75, 3.05) is 23.9 Å². The third-order valence-electron chi connectivity index (χ3n) is 6.04. The molecule has 1 fully saturated rings. The van der Waals surface area contributed by atoms with Gasteiger partial charge in [0.05, 0.1) is 22.8 Å². The van der Waals surface area contributed by atoms with Gasteiger partial charge in [0.2, 0.25) is 5.91 Å². The second-order valence-electron chi connectivity index (χ2n) is 8.52. The second kappa shape index (κ2) is 10.8. The van der Waals surface area contributed by atoms with Crippen LogP contribution >= 0.6 is 0 Å². The number of benzene rings is 3. The quantitative estimate of drug-likeness (QED) is 0.449. The van der Waals surface area contributed by atoms with Gasteiger partial charge in [-0.2, -0.15) is 0 Å². The molecule has 1 heterocycles. The van der Waals surface area contributed by atoms with E-state index in [0.717, 1.165) is 17.1 Å². The zero-order valence-corrected chi connectivity index (χ0v) is 20.4. The summed E-state index contributed by atoms with van der Waals surface area (Å²) in [7, 11) is -4.15. The van der Waals surface area contributed by atoms with Gasteiger partial charge < -0.3 is 21.1 Å². The molecular weight excluding hydrogens is 480 g/mol. The zero-order valence-electron chi connectivity index (χ0n) is 19.6. The van der Waals surface area contributed by atoms with Crippen molar-refractivity contribution < 1.29 is 23.1 Å². The van der Waals surface area contributed by atoms with Crippen LogP contribution in [0.15, 0.2) is 83.8 Å². The standard InChI is InChI=1S/C26H28N4O5S/c27-20-14-16-29(17-15-20)25(32)18-28-26(33)19-10-12-22(13-11-19)36(34,35)30(21-6-2-1-3-7-21)23-8-4-5-9-24(23)31/h1-13,20,31H,14-18,27H2,(H,28,33). The fourth-order valence-electron chi connectivity index (χ4n) is 4.01. The van der Waals surface area contributed by atoms with E-state index in [-0.39, 0.29) is 40.4 Å². The predicted octanol–water partition coefficient (Wildman–Crippen LogP) is 2.60. The van der Waals surface area contributed by atoms with E-state index in [2.05, 4.69) is 5.32 Å². The number of aromatic hydroxyl groups is 1. The second-order valence-corrected chi connectivity index (χ2v) is 10.3. The third kappa shape index (κ3) is 5.50. The highest BCUT2D eigenvalue weighted by Gasteiger charge is 2.29. The maximum atomic E-state index is 13.6. The lowest BCUT2D eigenvalue weighted by Gasteiger charge is -2.30. The van der Waals surface area contributed by atoms with E-state index in [9.17, 15) is 23.1 Å². The Balaban J connectivity index is 1.51. The van der Waals surface area contributed by atoms with Crippen molar-refractivity contribution in [3.8, 4) is 5.75 Å². The predicted molar refractivity (Wildman–Crippen MR) is 136 cm³/mol. The lowest BCUT2D eigenvalue weighted by atomic mass is 10.1. The van der Waals surface area contributed by atoms with Crippen molar-refractivity contribution in [1.82, 2.24) is 10.2 Å². The molecule has 0 bridgehead atoms. The van der Waals surface area contributed by atoms with E-state index < -0.39 is 15.9 Å². The monoisotopic (exact) mass is 508 g/mol. The number of sulfonamides is 1. The molecule has 4 rings (SSSR count). The molecule has 36 heavy (non-hydrogen) atoms. The average Bonchev–Trinajstić information content (AvgIpc) is 2.89. The first-order chi connectivity index (χ1) is 17.3. The van der Waals surface area contributed by atoms with Crippen LogP contribution in [0.25, 0.3) is 0 Å². The summed E-state index contributed by atoms with van der Waals surface area (Å²) < 4.78 is 28.3. The van der Waals surface area contributed by atoms with Crippen LogP contribution in [0.4, 0.5) is 11.4 Å². The van der Waals surface area contributed by atoms with Gasteiger partial charge in [0.15, 0.2) is 0 Å². The number of phenolic OH excluding ortho intramolecular Hbond substituents is 1. The molecular formula is C26H28N4O5S. The van der Waals surface area contributed by atoms with Gasteiger partial charge in [-0.1, -0.05) is 30.3 Å². The van der Waals surface area contributed by atoms with Crippen LogP contribution in [-0.2, 0) is 14.8 Å².